The lowest BCUT2D eigenvalue weighted by molar-refractivity contribution is 0.370. The van der Waals surface area contributed by atoms with Crippen molar-refractivity contribution in [3.8, 4) is 5.19 Å². The Balaban J connectivity index is 2.57. The number of aromatic hydroxyl groups is 1. The molecule has 2 nitrogen and oxygen atoms in total. The number of unbranched alkanes of at least 4 members (excludes halogenated alkanes) is 6. The molecule has 0 saturated heterocycles. The number of hydrogen-bond acceptors (Lipinski definition) is 3. The SMILES string of the molecule is CCCCCCC(C)(CCCCCC)c1cnc(O)s1. The molecule has 0 aliphatic carbocycles. The van der Waals surface area contributed by atoms with Gasteiger partial charge in [0.25, 0.3) is 5.19 Å². The maximum absolute atomic E-state index is 9.54. The molecule has 0 aliphatic rings. The van der Waals surface area contributed by atoms with Crippen LogP contribution in [-0.4, -0.2) is 10.1 Å². The van der Waals surface area contributed by atoms with Crippen molar-refractivity contribution < 1.29 is 5.11 Å². The van der Waals surface area contributed by atoms with Crippen LogP contribution in [0.4, 0.5) is 0 Å². The molecule has 0 spiro atoms. The molecule has 1 heterocycles. The van der Waals surface area contributed by atoms with Crippen molar-refractivity contribution >= 4 is 11.3 Å². The second kappa shape index (κ2) is 9.38. The third-order valence-electron chi connectivity index (χ3n) is 4.25. The van der Waals surface area contributed by atoms with Gasteiger partial charge in [0.1, 0.15) is 0 Å². The van der Waals surface area contributed by atoms with Crippen molar-refractivity contribution in [3.63, 3.8) is 0 Å². The average molecular weight is 298 g/mol. The van der Waals surface area contributed by atoms with Gasteiger partial charge < -0.3 is 5.11 Å². The van der Waals surface area contributed by atoms with Crippen LogP contribution in [0.15, 0.2) is 6.20 Å². The zero-order valence-electron chi connectivity index (χ0n) is 13.5. The number of hydrogen-bond donors (Lipinski definition) is 1. The van der Waals surface area contributed by atoms with Crippen molar-refractivity contribution in [2.45, 2.75) is 90.4 Å². The van der Waals surface area contributed by atoms with E-state index in [1.165, 1.54) is 80.4 Å². The summed E-state index contributed by atoms with van der Waals surface area (Å²) in [4.78, 5) is 5.31. The van der Waals surface area contributed by atoms with Gasteiger partial charge >= 0.3 is 0 Å². The fourth-order valence-electron chi connectivity index (χ4n) is 2.80. The third kappa shape index (κ3) is 5.82. The Morgan fingerprint density at radius 2 is 1.55 bits per heavy atom. The van der Waals surface area contributed by atoms with Crippen LogP contribution >= 0.6 is 11.3 Å². The Labute approximate surface area is 128 Å². The van der Waals surface area contributed by atoms with Crippen molar-refractivity contribution in [1.82, 2.24) is 4.98 Å². The molecule has 0 aliphatic heterocycles. The average Bonchev–Trinajstić information content (AvgIpc) is 2.87. The maximum Gasteiger partial charge on any atom is 0.270 e. The molecule has 0 aromatic carbocycles. The van der Waals surface area contributed by atoms with Gasteiger partial charge in [-0.1, -0.05) is 83.5 Å². The van der Waals surface area contributed by atoms with Crippen LogP contribution < -0.4 is 0 Å². The molecule has 0 amide bonds. The zero-order valence-corrected chi connectivity index (χ0v) is 14.3. The van der Waals surface area contributed by atoms with E-state index in [1.54, 1.807) is 0 Å². The van der Waals surface area contributed by atoms with Crippen LogP contribution in [0, 0.1) is 0 Å². The summed E-state index contributed by atoms with van der Waals surface area (Å²) in [6, 6.07) is 0. The Morgan fingerprint density at radius 1 is 1.00 bits per heavy atom. The fraction of sp³-hybridized carbons (Fsp3) is 0.824. The molecule has 1 rings (SSSR count). The summed E-state index contributed by atoms with van der Waals surface area (Å²) in [6.07, 6.45) is 14.8. The molecule has 20 heavy (non-hydrogen) atoms. The minimum Gasteiger partial charge on any atom is -0.486 e. The lowest BCUT2D eigenvalue weighted by Crippen LogP contribution is -2.20. The highest BCUT2D eigenvalue weighted by molar-refractivity contribution is 7.13. The first-order valence-corrected chi connectivity index (χ1v) is 9.09. The standard InChI is InChI=1S/C17H31NOS/c1-4-6-8-10-12-17(3,13-11-9-7-5-2)15-14-18-16(19)20-15/h14H,4-13H2,1-3H3,(H,18,19). The largest absolute Gasteiger partial charge is 0.486 e. The number of thiazole rings is 1. The monoisotopic (exact) mass is 297 g/mol. The lowest BCUT2D eigenvalue weighted by atomic mass is 9.79. The van der Waals surface area contributed by atoms with E-state index in [9.17, 15) is 5.11 Å². The molecular formula is C17H31NOS. The van der Waals surface area contributed by atoms with E-state index in [0.29, 0.717) is 0 Å². The Kier molecular flexibility index (Phi) is 8.20. The summed E-state index contributed by atoms with van der Waals surface area (Å²) in [6.45, 7) is 6.87. The molecular weight excluding hydrogens is 266 g/mol. The first kappa shape index (κ1) is 17.5. The van der Waals surface area contributed by atoms with Crippen LogP contribution in [0.2, 0.25) is 0 Å². The van der Waals surface area contributed by atoms with Crippen molar-refractivity contribution in [3.05, 3.63) is 11.1 Å². The summed E-state index contributed by atoms with van der Waals surface area (Å²) in [5.74, 6) is 0. The topological polar surface area (TPSA) is 33.1 Å². The normalized spacial score (nSPS) is 11.9. The van der Waals surface area contributed by atoms with Gasteiger partial charge in [-0.25, -0.2) is 4.98 Å². The van der Waals surface area contributed by atoms with E-state index >= 15 is 0 Å². The zero-order chi connectivity index (χ0) is 14.8. The lowest BCUT2D eigenvalue weighted by Gasteiger charge is -2.28. The predicted octanol–water partition coefficient (Wildman–Crippen LogP) is 6.05. The Hall–Kier alpha value is -0.570. The molecule has 0 bridgehead atoms. The molecule has 0 fully saturated rings. The van der Waals surface area contributed by atoms with E-state index < -0.39 is 0 Å². The molecule has 1 N–H and O–H groups in total. The smallest absolute Gasteiger partial charge is 0.270 e. The number of aromatic nitrogens is 1. The summed E-state index contributed by atoms with van der Waals surface area (Å²) in [5.41, 5.74) is 0.208. The molecule has 1 aromatic heterocycles. The van der Waals surface area contributed by atoms with E-state index in [0.717, 1.165) is 0 Å². The van der Waals surface area contributed by atoms with Gasteiger partial charge in [-0.3, -0.25) is 0 Å². The summed E-state index contributed by atoms with van der Waals surface area (Å²) >= 11 is 1.47. The highest BCUT2D eigenvalue weighted by atomic mass is 32.1. The van der Waals surface area contributed by atoms with E-state index in [4.69, 9.17) is 0 Å². The number of rotatable bonds is 11. The second-order valence-electron chi connectivity index (χ2n) is 6.19. The van der Waals surface area contributed by atoms with Crippen LogP contribution in [-0.2, 0) is 5.41 Å². The molecule has 3 heteroatoms. The van der Waals surface area contributed by atoms with Gasteiger partial charge in [0, 0.05) is 16.5 Å². The predicted molar refractivity (Wildman–Crippen MR) is 88.6 cm³/mol. The number of nitrogens with zero attached hydrogens (tertiary/aromatic N) is 1. The Bertz CT molecular complexity index is 350. The molecule has 0 atom stereocenters. The highest BCUT2D eigenvalue weighted by Gasteiger charge is 2.28. The highest BCUT2D eigenvalue weighted by Crippen LogP contribution is 2.39. The van der Waals surface area contributed by atoms with Crippen LogP contribution in [0.1, 0.15) is 89.9 Å². The van der Waals surface area contributed by atoms with Crippen LogP contribution in [0.5, 0.6) is 5.19 Å². The van der Waals surface area contributed by atoms with Crippen molar-refractivity contribution in [2.24, 2.45) is 0 Å². The van der Waals surface area contributed by atoms with E-state index in [2.05, 4.69) is 25.8 Å². The van der Waals surface area contributed by atoms with Crippen molar-refractivity contribution in [2.75, 3.05) is 0 Å². The molecule has 0 saturated carbocycles. The van der Waals surface area contributed by atoms with Crippen LogP contribution in [0.3, 0.4) is 0 Å². The van der Waals surface area contributed by atoms with Gasteiger partial charge in [0.2, 0.25) is 0 Å². The minimum atomic E-state index is 0.208. The van der Waals surface area contributed by atoms with Gasteiger partial charge in [-0.05, 0) is 12.8 Å². The molecule has 0 radical (unpaired) electrons. The van der Waals surface area contributed by atoms with E-state index in [-0.39, 0.29) is 10.6 Å². The third-order valence-corrected chi connectivity index (χ3v) is 5.36. The summed E-state index contributed by atoms with van der Waals surface area (Å²) in [5, 5.41) is 9.76. The van der Waals surface area contributed by atoms with E-state index in [1.807, 2.05) is 6.20 Å². The molecule has 1 aromatic rings. The maximum atomic E-state index is 9.54. The van der Waals surface area contributed by atoms with Gasteiger partial charge in [0.05, 0.1) is 0 Å². The summed E-state index contributed by atoms with van der Waals surface area (Å²) in [7, 11) is 0. The van der Waals surface area contributed by atoms with Gasteiger partial charge in [-0.2, -0.15) is 0 Å². The second-order valence-corrected chi connectivity index (χ2v) is 7.20. The quantitative estimate of drug-likeness (QED) is 0.504. The minimum absolute atomic E-state index is 0.208. The first-order valence-electron chi connectivity index (χ1n) is 8.27. The van der Waals surface area contributed by atoms with Crippen molar-refractivity contribution in [1.29, 1.82) is 0 Å². The van der Waals surface area contributed by atoms with Gasteiger partial charge in [-0.15, -0.1) is 0 Å². The van der Waals surface area contributed by atoms with Crippen LogP contribution in [0.25, 0.3) is 0 Å². The van der Waals surface area contributed by atoms with Gasteiger partial charge in [0.15, 0.2) is 0 Å². The molecule has 116 valence electrons. The fourth-order valence-corrected chi connectivity index (χ4v) is 3.66. The Morgan fingerprint density at radius 3 is 1.95 bits per heavy atom. The molecule has 0 unspecified atom stereocenters. The summed E-state index contributed by atoms with van der Waals surface area (Å²) < 4.78 is 0. The first-order chi connectivity index (χ1) is 9.62.